The first-order valence-electron chi connectivity index (χ1n) is 5.87. The number of hydrogen-bond acceptors (Lipinski definition) is 2. The number of amides is 1. The van der Waals surface area contributed by atoms with E-state index in [2.05, 4.69) is 5.32 Å². The molecule has 1 aliphatic heterocycles. The molecule has 1 fully saturated rings. The normalized spacial score (nSPS) is 17.4. The third-order valence-electron chi connectivity index (χ3n) is 3.20. The van der Waals surface area contributed by atoms with Gasteiger partial charge in [-0.2, -0.15) is 0 Å². The summed E-state index contributed by atoms with van der Waals surface area (Å²) in [4.78, 5) is 12.3. The largest absolute Gasteiger partial charge is 0.335 e. The molecule has 1 N–H and O–H groups in total. The van der Waals surface area contributed by atoms with Crippen LogP contribution < -0.4 is 5.32 Å². The number of carbonyl (C=O) groups excluding carboxylic acids is 1. The topological polar surface area (TPSA) is 38.3 Å². The minimum absolute atomic E-state index is 0.111. The van der Waals surface area contributed by atoms with Crippen molar-refractivity contribution < 1.29 is 9.53 Å². The summed E-state index contributed by atoms with van der Waals surface area (Å²) in [5.41, 5.74) is 0.695. The Morgan fingerprint density at radius 1 is 0.889 bits per heavy atom. The lowest BCUT2D eigenvalue weighted by atomic mass is 9.86. The third-order valence-corrected chi connectivity index (χ3v) is 3.20. The molecule has 2 aromatic carbocycles. The van der Waals surface area contributed by atoms with Crippen molar-refractivity contribution in [2.24, 2.45) is 0 Å². The Kier molecular flexibility index (Phi) is 2.61. The molecule has 0 unspecified atom stereocenters. The van der Waals surface area contributed by atoms with Crippen LogP contribution in [-0.4, -0.2) is 12.6 Å². The number of benzene rings is 2. The zero-order chi connectivity index (χ0) is 12.4. The van der Waals surface area contributed by atoms with Crippen molar-refractivity contribution in [3.63, 3.8) is 0 Å². The van der Waals surface area contributed by atoms with Gasteiger partial charge in [0.2, 0.25) is 0 Å². The summed E-state index contributed by atoms with van der Waals surface area (Å²) < 4.78 is 5.76. The van der Waals surface area contributed by atoms with E-state index in [1.165, 1.54) is 0 Å². The molecular formula is C15H13NO2. The molecule has 1 aliphatic rings. The van der Waals surface area contributed by atoms with Crippen LogP contribution in [0.1, 0.15) is 11.1 Å². The summed E-state index contributed by atoms with van der Waals surface area (Å²) in [6.45, 7) is 0.239. The lowest BCUT2D eigenvalue weighted by molar-refractivity contribution is -0.129. The second-order valence-electron chi connectivity index (χ2n) is 4.21. The Labute approximate surface area is 105 Å². The summed E-state index contributed by atoms with van der Waals surface area (Å²) in [6, 6.07) is 19.2. The fourth-order valence-corrected chi connectivity index (χ4v) is 2.34. The maximum atomic E-state index is 12.3. The van der Waals surface area contributed by atoms with E-state index in [9.17, 15) is 4.79 Å². The molecule has 0 atom stereocenters. The molecule has 0 aromatic heterocycles. The maximum absolute atomic E-state index is 12.3. The van der Waals surface area contributed by atoms with Gasteiger partial charge < -0.3 is 10.1 Å². The van der Waals surface area contributed by atoms with Crippen LogP contribution in [0, 0.1) is 0 Å². The van der Waals surface area contributed by atoms with E-state index in [-0.39, 0.29) is 12.6 Å². The predicted octanol–water partition coefficient (Wildman–Crippen LogP) is 2.03. The van der Waals surface area contributed by atoms with Crippen LogP contribution >= 0.6 is 0 Å². The molecule has 1 saturated heterocycles. The first-order chi connectivity index (χ1) is 8.84. The number of ether oxygens (including phenoxy) is 1. The van der Waals surface area contributed by atoms with Crippen LogP contribution in [0.4, 0.5) is 0 Å². The first-order valence-corrected chi connectivity index (χ1v) is 5.87. The highest BCUT2D eigenvalue weighted by atomic mass is 16.5. The SMILES string of the molecule is O=C1NCOC1(c1ccccc1)c1ccccc1. The summed E-state index contributed by atoms with van der Waals surface area (Å²) in [5, 5.41) is 2.75. The maximum Gasteiger partial charge on any atom is 0.263 e. The van der Waals surface area contributed by atoms with Crippen molar-refractivity contribution in [1.29, 1.82) is 0 Å². The van der Waals surface area contributed by atoms with Gasteiger partial charge in [0.1, 0.15) is 6.73 Å². The van der Waals surface area contributed by atoms with Crippen molar-refractivity contribution in [2.75, 3.05) is 6.73 Å². The van der Waals surface area contributed by atoms with Gasteiger partial charge in [-0.1, -0.05) is 60.7 Å². The van der Waals surface area contributed by atoms with Crippen molar-refractivity contribution in [2.45, 2.75) is 5.60 Å². The van der Waals surface area contributed by atoms with Crippen LogP contribution in [0.3, 0.4) is 0 Å². The van der Waals surface area contributed by atoms with Gasteiger partial charge in [0.05, 0.1) is 0 Å². The molecule has 0 bridgehead atoms. The van der Waals surface area contributed by atoms with Crippen molar-refractivity contribution >= 4 is 5.91 Å². The fraction of sp³-hybridized carbons (Fsp3) is 0.133. The lowest BCUT2D eigenvalue weighted by Gasteiger charge is -2.26. The van der Waals surface area contributed by atoms with E-state index in [1.54, 1.807) is 0 Å². The van der Waals surface area contributed by atoms with E-state index in [1.807, 2.05) is 60.7 Å². The van der Waals surface area contributed by atoms with Crippen LogP contribution in [0.2, 0.25) is 0 Å². The zero-order valence-corrected chi connectivity index (χ0v) is 9.80. The summed E-state index contributed by atoms with van der Waals surface area (Å²) in [6.07, 6.45) is 0. The minimum Gasteiger partial charge on any atom is -0.335 e. The second-order valence-corrected chi connectivity index (χ2v) is 4.21. The average Bonchev–Trinajstić information content (AvgIpc) is 2.84. The van der Waals surface area contributed by atoms with Crippen LogP contribution in [0.15, 0.2) is 60.7 Å². The van der Waals surface area contributed by atoms with Crippen molar-refractivity contribution in [1.82, 2.24) is 5.32 Å². The molecule has 18 heavy (non-hydrogen) atoms. The molecule has 2 aromatic rings. The number of rotatable bonds is 2. The van der Waals surface area contributed by atoms with E-state index in [4.69, 9.17) is 4.74 Å². The highest BCUT2D eigenvalue weighted by Crippen LogP contribution is 2.36. The summed E-state index contributed by atoms with van der Waals surface area (Å²) >= 11 is 0. The number of nitrogens with one attached hydrogen (secondary N) is 1. The minimum atomic E-state index is -1.01. The lowest BCUT2D eigenvalue weighted by Crippen LogP contribution is -2.37. The smallest absolute Gasteiger partial charge is 0.263 e. The van der Waals surface area contributed by atoms with Gasteiger partial charge >= 0.3 is 0 Å². The molecule has 0 spiro atoms. The number of carbonyl (C=O) groups is 1. The third kappa shape index (κ3) is 1.52. The standard InChI is InChI=1S/C15H13NO2/c17-14-15(18-11-16-14,12-7-3-1-4-8-12)13-9-5-2-6-10-13/h1-10H,11H2,(H,16,17). The molecule has 3 rings (SSSR count). The fourth-order valence-electron chi connectivity index (χ4n) is 2.34. The number of hydrogen-bond donors (Lipinski definition) is 1. The zero-order valence-electron chi connectivity index (χ0n) is 9.80. The monoisotopic (exact) mass is 239 g/mol. The van der Waals surface area contributed by atoms with Crippen molar-refractivity contribution in [3.05, 3.63) is 71.8 Å². The van der Waals surface area contributed by atoms with Gasteiger partial charge in [0, 0.05) is 0 Å². The molecule has 0 aliphatic carbocycles. The van der Waals surface area contributed by atoms with Crippen LogP contribution in [0.25, 0.3) is 0 Å². The highest BCUT2D eigenvalue weighted by molar-refractivity contribution is 5.91. The molecule has 1 amide bonds. The predicted molar refractivity (Wildman–Crippen MR) is 67.8 cm³/mol. The second kappa shape index (κ2) is 4.27. The summed E-state index contributed by atoms with van der Waals surface area (Å²) in [7, 11) is 0. The first kappa shape index (κ1) is 11.0. The molecular weight excluding hydrogens is 226 g/mol. The highest BCUT2D eigenvalue weighted by Gasteiger charge is 2.47. The molecule has 3 heteroatoms. The molecule has 1 heterocycles. The van der Waals surface area contributed by atoms with E-state index >= 15 is 0 Å². The molecule has 0 saturated carbocycles. The Morgan fingerprint density at radius 3 is 1.78 bits per heavy atom. The van der Waals surface area contributed by atoms with Gasteiger partial charge in [-0.25, -0.2) is 0 Å². The van der Waals surface area contributed by atoms with Gasteiger partial charge in [0.25, 0.3) is 5.91 Å². The van der Waals surface area contributed by atoms with E-state index in [0.29, 0.717) is 0 Å². The van der Waals surface area contributed by atoms with Crippen molar-refractivity contribution in [3.8, 4) is 0 Å². The Bertz CT molecular complexity index is 512. The molecule has 3 nitrogen and oxygen atoms in total. The van der Waals surface area contributed by atoms with E-state index < -0.39 is 5.60 Å². The van der Waals surface area contributed by atoms with Gasteiger partial charge in [-0.05, 0) is 11.1 Å². The van der Waals surface area contributed by atoms with Gasteiger partial charge in [-0.15, -0.1) is 0 Å². The molecule has 90 valence electrons. The van der Waals surface area contributed by atoms with Crippen LogP contribution in [0.5, 0.6) is 0 Å². The quantitative estimate of drug-likeness (QED) is 0.870. The Hall–Kier alpha value is -2.13. The Balaban J connectivity index is 2.20. The van der Waals surface area contributed by atoms with E-state index in [0.717, 1.165) is 11.1 Å². The van der Waals surface area contributed by atoms with Crippen LogP contribution in [-0.2, 0) is 15.1 Å². The summed E-state index contributed by atoms with van der Waals surface area (Å²) in [5.74, 6) is -0.111. The van der Waals surface area contributed by atoms with Gasteiger partial charge in [-0.3, -0.25) is 4.79 Å². The van der Waals surface area contributed by atoms with Gasteiger partial charge in [0.15, 0.2) is 5.60 Å². The average molecular weight is 239 g/mol. The molecule has 0 radical (unpaired) electrons. The Morgan fingerprint density at radius 2 is 1.39 bits per heavy atom.